The van der Waals surface area contributed by atoms with Gasteiger partial charge in [0.1, 0.15) is 66.5 Å². The first-order chi connectivity index (χ1) is 47.1. The third kappa shape index (κ3) is 34.1. The SMILES string of the molecule is CCCCCCCC[C@H](NC(=O)CCOCCNC(C)=O)C(=O)N[C@@H](CCN)C(=O)N[C@H](C(=O)N[C@@H](CCN)C(=O)N[C@H]1CCNC(=O)[C@H]([C@@H](C)O)NC(=O)[C@H](CCN)NC(=O)[C@H](CCCN)NC(=O)[C@H](CC(C)C)NC(=O)[C@@H](Cc2ccccc2)NC(=O)[C@H](CCN)NC1=O)[C@@H](C)O. The number of rotatable bonds is 39. The fourth-order valence-electron chi connectivity index (χ4n) is 10.5. The zero-order valence-electron chi connectivity index (χ0n) is 58.4. The topological polar surface area (TPSA) is 558 Å². The van der Waals surface area contributed by atoms with Crippen LogP contribution in [0.3, 0.4) is 0 Å². The fraction of sp³-hybridized carbons (Fsp3) is 0.708. The van der Waals surface area contributed by atoms with Gasteiger partial charge in [-0.05, 0) is 116 Å². The molecule has 0 spiro atoms. The molecule has 0 aromatic heterocycles. The van der Waals surface area contributed by atoms with Crippen molar-refractivity contribution in [2.24, 2.45) is 34.6 Å². The molecule has 0 radical (unpaired) electrons. The number of aliphatic hydroxyl groups excluding tert-OH is 2. The summed E-state index contributed by atoms with van der Waals surface area (Å²) in [5, 5.41) is 55.4. The lowest BCUT2D eigenvalue weighted by molar-refractivity contribution is -0.137. The molecular formula is C65H114N18O16. The van der Waals surface area contributed by atoms with E-state index < -0.39 is 163 Å². The highest BCUT2D eigenvalue weighted by atomic mass is 16.5. The van der Waals surface area contributed by atoms with Gasteiger partial charge < -0.3 is 113 Å². The van der Waals surface area contributed by atoms with Crippen LogP contribution in [0.2, 0.25) is 0 Å². The van der Waals surface area contributed by atoms with Crippen molar-refractivity contribution < 1.29 is 77.3 Å². The zero-order valence-corrected chi connectivity index (χ0v) is 58.4. The van der Waals surface area contributed by atoms with Gasteiger partial charge in [-0.1, -0.05) is 89.6 Å². The number of carbonyl (C=O) groups excluding carboxylic acids is 13. The average Bonchev–Trinajstić information content (AvgIpc) is 1.02. The van der Waals surface area contributed by atoms with Gasteiger partial charge in [-0.25, -0.2) is 0 Å². The van der Waals surface area contributed by atoms with Gasteiger partial charge in [-0.3, -0.25) is 62.3 Å². The number of benzene rings is 1. The lowest BCUT2D eigenvalue weighted by Crippen LogP contribution is -2.62. The molecule has 1 aliphatic heterocycles. The van der Waals surface area contributed by atoms with E-state index in [2.05, 4.69) is 76.0 Å². The van der Waals surface area contributed by atoms with Gasteiger partial charge in [0.05, 0.1) is 25.4 Å². The smallest absolute Gasteiger partial charge is 0.245 e. The molecule has 13 atom stereocenters. The Bertz CT molecular complexity index is 2710. The highest BCUT2D eigenvalue weighted by molar-refractivity contribution is 5.99. The van der Waals surface area contributed by atoms with Crippen molar-refractivity contribution in [1.82, 2.24) is 69.1 Å². The molecule has 34 nitrogen and oxygen atoms in total. The average molecular weight is 1400 g/mol. The van der Waals surface area contributed by atoms with Gasteiger partial charge in [0.2, 0.25) is 76.8 Å². The fourth-order valence-corrected chi connectivity index (χ4v) is 10.5. The summed E-state index contributed by atoms with van der Waals surface area (Å²) >= 11 is 0. The van der Waals surface area contributed by atoms with Crippen molar-refractivity contribution >= 4 is 76.8 Å². The minimum atomic E-state index is -1.82. The lowest BCUT2D eigenvalue weighted by atomic mass is 10.00. The highest BCUT2D eigenvalue weighted by Gasteiger charge is 2.38. The number of unbranched alkanes of at least 4 members (excludes halogenated alkanes) is 5. The van der Waals surface area contributed by atoms with E-state index in [0.29, 0.717) is 12.0 Å². The van der Waals surface area contributed by atoms with Gasteiger partial charge >= 0.3 is 0 Å². The maximum atomic E-state index is 14.7. The molecule has 99 heavy (non-hydrogen) atoms. The van der Waals surface area contributed by atoms with E-state index >= 15 is 0 Å². The number of ether oxygens (including phenoxy) is 1. The molecule has 1 fully saturated rings. The van der Waals surface area contributed by atoms with Crippen LogP contribution in [0.1, 0.15) is 150 Å². The standard InChI is InChI=1S/C65H114N18O16/c1-7-8-9-10-11-15-19-43(73-52(87)26-34-99-35-33-71-41(6)86)55(88)76-48(24-31-70)61(94)83-54(40(5)85)65(98)79-46(22-29-68)57(90)78-49-25-32-72-64(97)53(39(4)84)82-60(93)47(23-30-69)77-56(89)44(20-16-27-66)74-62(95)50(36-38(2)3)80-63(96)51(37-42-17-13-12-14-18-42)81-58(91)45(21-28-67)75-59(49)92/h12-14,17-18,38-40,43-51,53-54,84-85H,7-11,15-16,19-37,66-70H2,1-6H3,(H,71,86)(H,72,97)(H,73,87)(H,74,95)(H,75,92)(H,76,88)(H,77,89)(H,78,90)(H,79,98)(H,80,96)(H,81,91)(H,82,93)(H,83,94)/t39-,40-,43+,44+,45+,46+,47+,48+,49+,50+,51-,53+,54+/m1/s1. The van der Waals surface area contributed by atoms with E-state index in [4.69, 9.17) is 33.4 Å². The summed E-state index contributed by atoms with van der Waals surface area (Å²) in [6.45, 7) is 8.49. The molecule has 25 N–H and O–H groups in total. The van der Waals surface area contributed by atoms with Gasteiger partial charge in [0, 0.05) is 32.9 Å². The van der Waals surface area contributed by atoms with Crippen molar-refractivity contribution in [2.45, 2.75) is 229 Å². The van der Waals surface area contributed by atoms with Crippen LogP contribution < -0.4 is 97.8 Å². The first kappa shape index (κ1) is 87.1. The second kappa shape index (κ2) is 48.7. The molecular weight excluding hydrogens is 1290 g/mol. The number of amides is 13. The summed E-state index contributed by atoms with van der Waals surface area (Å²) in [5.41, 5.74) is 30.1. The molecule has 13 amide bonds. The molecule has 560 valence electrons. The molecule has 1 aromatic rings. The number of nitrogens with two attached hydrogens (primary N) is 5. The van der Waals surface area contributed by atoms with E-state index in [1.165, 1.54) is 20.8 Å². The Morgan fingerprint density at radius 2 is 1.06 bits per heavy atom. The number of hydrogen-bond donors (Lipinski definition) is 20. The van der Waals surface area contributed by atoms with Crippen LogP contribution in [0.25, 0.3) is 0 Å². The van der Waals surface area contributed by atoms with Crippen LogP contribution in [0, 0.1) is 5.92 Å². The van der Waals surface area contributed by atoms with Crippen LogP contribution in [-0.4, -0.2) is 225 Å². The second-order valence-corrected chi connectivity index (χ2v) is 25.1. The van der Waals surface area contributed by atoms with E-state index in [1.807, 2.05) is 0 Å². The summed E-state index contributed by atoms with van der Waals surface area (Å²) in [7, 11) is 0. The van der Waals surface area contributed by atoms with E-state index in [1.54, 1.807) is 44.2 Å². The number of aliphatic hydroxyl groups is 2. The third-order valence-electron chi connectivity index (χ3n) is 16.0. The maximum absolute atomic E-state index is 14.7. The Morgan fingerprint density at radius 1 is 0.545 bits per heavy atom. The lowest BCUT2D eigenvalue weighted by Gasteiger charge is -2.29. The zero-order chi connectivity index (χ0) is 74.0. The molecule has 1 saturated heterocycles. The Kier molecular flexibility index (Phi) is 42.8. The molecule has 2 rings (SSSR count). The van der Waals surface area contributed by atoms with E-state index in [9.17, 15) is 72.5 Å². The van der Waals surface area contributed by atoms with Crippen LogP contribution in [0.4, 0.5) is 0 Å². The van der Waals surface area contributed by atoms with Crippen molar-refractivity contribution in [1.29, 1.82) is 0 Å². The van der Waals surface area contributed by atoms with Crippen molar-refractivity contribution in [2.75, 3.05) is 59.0 Å². The van der Waals surface area contributed by atoms with E-state index in [-0.39, 0.29) is 129 Å². The second-order valence-electron chi connectivity index (χ2n) is 25.1. The molecule has 0 bridgehead atoms. The number of nitrogens with one attached hydrogen (secondary N) is 13. The molecule has 0 unspecified atom stereocenters. The van der Waals surface area contributed by atoms with Crippen LogP contribution >= 0.6 is 0 Å². The monoisotopic (exact) mass is 1400 g/mol. The van der Waals surface area contributed by atoms with Crippen LogP contribution in [0.5, 0.6) is 0 Å². The Balaban J connectivity index is 2.65. The Hall–Kier alpha value is -7.99. The number of hydrogen-bond acceptors (Lipinski definition) is 21. The van der Waals surface area contributed by atoms with Gasteiger partial charge in [-0.15, -0.1) is 0 Å². The van der Waals surface area contributed by atoms with Crippen LogP contribution in [-0.2, 0) is 73.5 Å². The Morgan fingerprint density at radius 3 is 1.63 bits per heavy atom. The largest absolute Gasteiger partial charge is 0.391 e. The first-order valence-corrected chi connectivity index (χ1v) is 34.5. The minimum absolute atomic E-state index is 0.0177. The minimum Gasteiger partial charge on any atom is -0.391 e. The summed E-state index contributed by atoms with van der Waals surface area (Å²) in [6, 6.07) is -7.95. The van der Waals surface area contributed by atoms with Crippen molar-refractivity contribution in [3.05, 3.63) is 35.9 Å². The third-order valence-corrected chi connectivity index (χ3v) is 16.0. The maximum Gasteiger partial charge on any atom is 0.245 e. The number of carbonyl (C=O) groups is 13. The molecule has 1 heterocycles. The summed E-state index contributed by atoms with van der Waals surface area (Å²) in [4.78, 5) is 181. The normalized spacial score (nSPS) is 21.2. The summed E-state index contributed by atoms with van der Waals surface area (Å²) < 4.78 is 5.44. The van der Waals surface area contributed by atoms with Gasteiger partial charge in [0.25, 0.3) is 0 Å². The molecule has 34 heteroatoms. The predicted octanol–water partition coefficient (Wildman–Crippen LogP) is -5.68. The molecule has 0 aliphatic carbocycles. The summed E-state index contributed by atoms with van der Waals surface area (Å²) in [5.74, 6) is -11.4. The highest BCUT2D eigenvalue weighted by Crippen LogP contribution is 2.14. The molecule has 0 saturated carbocycles. The van der Waals surface area contributed by atoms with Crippen LogP contribution in [0.15, 0.2) is 30.3 Å². The van der Waals surface area contributed by atoms with Gasteiger partial charge in [-0.2, -0.15) is 0 Å². The van der Waals surface area contributed by atoms with Crippen molar-refractivity contribution in [3.8, 4) is 0 Å². The quantitative estimate of drug-likeness (QED) is 0.0273. The molecule has 1 aromatic carbocycles. The Labute approximate surface area is 580 Å². The van der Waals surface area contributed by atoms with Gasteiger partial charge in [0.15, 0.2) is 0 Å². The van der Waals surface area contributed by atoms with Crippen molar-refractivity contribution in [3.63, 3.8) is 0 Å². The summed E-state index contributed by atoms with van der Waals surface area (Å²) in [6.07, 6.45) is 0.645. The molecule has 1 aliphatic rings. The van der Waals surface area contributed by atoms with E-state index in [0.717, 1.165) is 32.1 Å². The predicted molar refractivity (Wildman–Crippen MR) is 367 cm³/mol. The first-order valence-electron chi connectivity index (χ1n) is 34.5.